The summed E-state index contributed by atoms with van der Waals surface area (Å²) in [5.74, 6) is 0.727. The zero-order chi connectivity index (χ0) is 14.7. The maximum atomic E-state index is 12.3. The molecule has 0 N–H and O–H groups in total. The Hall–Kier alpha value is -1.76. The fourth-order valence-corrected chi connectivity index (χ4v) is 2.98. The molecule has 21 heavy (non-hydrogen) atoms. The lowest BCUT2D eigenvalue weighted by Crippen LogP contribution is -2.38. The van der Waals surface area contributed by atoms with Gasteiger partial charge < -0.3 is 9.47 Å². The number of fused-ring (bicyclic) bond motifs is 1. The fourth-order valence-electron chi connectivity index (χ4n) is 2.21. The van der Waals surface area contributed by atoms with Crippen LogP contribution in [0.25, 0.3) is 0 Å². The molecular weight excluding hydrogens is 381 g/mol. The number of nitrogens with zero attached hydrogens (tertiary/aromatic N) is 1. The highest BCUT2D eigenvalue weighted by Gasteiger charge is 2.26. The van der Waals surface area contributed by atoms with Crippen LogP contribution in [0.5, 0.6) is 5.75 Å². The van der Waals surface area contributed by atoms with E-state index in [9.17, 15) is 4.79 Å². The van der Waals surface area contributed by atoms with E-state index in [1.54, 1.807) is 4.90 Å². The van der Waals surface area contributed by atoms with Crippen LogP contribution in [0.4, 0.5) is 10.5 Å². The molecule has 0 radical (unpaired) electrons. The maximum Gasteiger partial charge on any atom is 0.414 e. The van der Waals surface area contributed by atoms with Gasteiger partial charge in [-0.05, 0) is 40.3 Å². The van der Waals surface area contributed by atoms with E-state index in [0.29, 0.717) is 13.2 Å². The second-order valence-corrected chi connectivity index (χ2v) is 5.79. The van der Waals surface area contributed by atoms with Crippen LogP contribution in [0.2, 0.25) is 0 Å². The first-order valence-electron chi connectivity index (χ1n) is 6.65. The van der Waals surface area contributed by atoms with Gasteiger partial charge in [0, 0.05) is 3.57 Å². The summed E-state index contributed by atoms with van der Waals surface area (Å²) in [4.78, 5) is 14.0. The van der Waals surface area contributed by atoms with Crippen molar-refractivity contribution in [2.75, 3.05) is 18.1 Å². The summed E-state index contributed by atoms with van der Waals surface area (Å²) in [6, 6.07) is 15.4. The predicted molar refractivity (Wildman–Crippen MR) is 88.6 cm³/mol. The van der Waals surface area contributed by atoms with Crippen molar-refractivity contribution in [1.29, 1.82) is 0 Å². The Balaban J connectivity index is 1.75. The lowest BCUT2D eigenvalue weighted by Gasteiger charge is -2.29. The molecular formula is C16H14INO3. The number of benzene rings is 2. The zero-order valence-corrected chi connectivity index (χ0v) is 13.4. The number of carbonyl (C=O) groups is 1. The molecule has 0 unspecified atom stereocenters. The van der Waals surface area contributed by atoms with Crippen LogP contribution in [0.3, 0.4) is 0 Å². The number of hydrogen-bond acceptors (Lipinski definition) is 3. The van der Waals surface area contributed by atoms with E-state index in [1.807, 2.05) is 48.5 Å². The minimum Gasteiger partial charge on any atom is -0.489 e. The molecule has 0 saturated carbocycles. The second-order valence-electron chi connectivity index (χ2n) is 4.63. The van der Waals surface area contributed by atoms with Crippen molar-refractivity contribution in [1.82, 2.24) is 0 Å². The second kappa shape index (κ2) is 6.34. The molecule has 0 fully saturated rings. The average molecular weight is 395 g/mol. The van der Waals surface area contributed by atoms with Crippen LogP contribution in [0.15, 0.2) is 48.5 Å². The van der Waals surface area contributed by atoms with Gasteiger partial charge in [-0.15, -0.1) is 0 Å². The zero-order valence-electron chi connectivity index (χ0n) is 11.3. The predicted octanol–water partition coefficient (Wildman–Crippen LogP) is 3.83. The third-order valence-corrected chi connectivity index (χ3v) is 4.09. The van der Waals surface area contributed by atoms with Gasteiger partial charge in [0.2, 0.25) is 0 Å². The summed E-state index contributed by atoms with van der Waals surface area (Å²) in [5.41, 5.74) is 1.77. The highest BCUT2D eigenvalue weighted by atomic mass is 127. The van der Waals surface area contributed by atoms with Gasteiger partial charge in [-0.2, -0.15) is 0 Å². The number of anilines is 1. The minimum absolute atomic E-state index is 0.274. The van der Waals surface area contributed by atoms with Crippen molar-refractivity contribution in [3.05, 3.63) is 57.7 Å². The van der Waals surface area contributed by atoms with Crippen LogP contribution in [0.1, 0.15) is 5.56 Å². The van der Waals surface area contributed by atoms with Crippen LogP contribution < -0.4 is 9.64 Å². The molecule has 2 aromatic carbocycles. The lowest BCUT2D eigenvalue weighted by molar-refractivity contribution is 0.144. The van der Waals surface area contributed by atoms with Crippen LogP contribution in [-0.2, 0) is 11.3 Å². The Morgan fingerprint density at radius 3 is 2.81 bits per heavy atom. The molecule has 0 saturated heterocycles. The number of carbonyl (C=O) groups excluding carboxylic acids is 1. The molecule has 3 rings (SSSR count). The van der Waals surface area contributed by atoms with Gasteiger partial charge in [-0.3, -0.25) is 4.90 Å². The molecule has 0 aromatic heterocycles. The van der Waals surface area contributed by atoms with E-state index >= 15 is 0 Å². The Morgan fingerprint density at radius 1 is 1.19 bits per heavy atom. The molecule has 108 valence electrons. The number of amides is 1. The molecule has 0 atom stereocenters. The molecule has 0 spiro atoms. The van der Waals surface area contributed by atoms with Crippen molar-refractivity contribution < 1.29 is 14.3 Å². The van der Waals surface area contributed by atoms with E-state index < -0.39 is 0 Å². The first-order valence-corrected chi connectivity index (χ1v) is 7.73. The van der Waals surface area contributed by atoms with Gasteiger partial charge in [0.05, 0.1) is 6.54 Å². The van der Waals surface area contributed by atoms with E-state index in [2.05, 4.69) is 22.6 Å². The molecule has 1 aliphatic rings. The normalized spacial score (nSPS) is 13.3. The molecule has 0 aliphatic carbocycles. The number of para-hydroxylation sites is 1. The molecule has 1 heterocycles. The number of hydrogen-bond donors (Lipinski definition) is 0. The molecule has 1 aliphatic heterocycles. The summed E-state index contributed by atoms with van der Waals surface area (Å²) in [6.07, 6.45) is -0.340. The van der Waals surface area contributed by atoms with Crippen molar-refractivity contribution in [3.8, 4) is 5.75 Å². The summed E-state index contributed by atoms with van der Waals surface area (Å²) in [7, 11) is 0. The summed E-state index contributed by atoms with van der Waals surface area (Å²) >= 11 is 2.20. The first-order chi connectivity index (χ1) is 10.3. The van der Waals surface area contributed by atoms with E-state index in [-0.39, 0.29) is 12.7 Å². The van der Waals surface area contributed by atoms with Crippen molar-refractivity contribution >= 4 is 34.4 Å². The topological polar surface area (TPSA) is 38.8 Å². The Kier molecular flexibility index (Phi) is 4.28. The van der Waals surface area contributed by atoms with Gasteiger partial charge in [0.1, 0.15) is 24.7 Å². The Bertz CT molecular complexity index is 645. The van der Waals surface area contributed by atoms with E-state index in [4.69, 9.17) is 9.47 Å². The first kappa shape index (κ1) is 14.2. The Labute approximate surface area is 136 Å². The van der Waals surface area contributed by atoms with Gasteiger partial charge in [-0.25, -0.2) is 4.79 Å². The average Bonchev–Trinajstić information content (AvgIpc) is 2.53. The summed E-state index contributed by atoms with van der Waals surface area (Å²) in [5, 5.41) is 0. The van der Waals surface area contributed by atoms with Crippen LogP contribution >= 0.6 is 22.6 Å². The SMILES string of the molecule is O=C(OCc1ccccc1)N1CCOc2cccc(I)c21. The highest BCUT2D eigenvalue weighted by Crippen LogP contribution is 2.36. The standard InChI is InChI=1S/C16H14INO3/c17-13-7-4-8-14-15(13)18(9-10-20-14)16(19)21-11-12-5-2-1-3-6-12/h1-8H,9-11H2. The molecule has 1 amide bonds. The summed E-state index contributed by atoms with van der Waals surface area (Å²) in [6.45, 7) is 1.25. The largest absolute Gasteiger partial charge is 0.489 e. The number of halogens is 1. The van der Waals surface area contributed by atoms with E-state index in [0.717, 1.165) is 20.6 Å². The Morgan fingerprint density at radius 2 is 2.00 bits per heavy atom. The molecule has 0 bridgehead atoms. The van der Waals surface area contributed by atoms with Gasteiger partial charge >= 0.3 is 6.09 Å². The molecule has 5 heteroatoms. The quantitative estimate of drug-likeness (QED) is 0.726. The lowest BCUT2D eigenvalue weighted by atomic mass is 10.2. The van der Waals surface area contributed by atoms with Crippen molar-refractivity contribution in [2.45, 2.75) is 6.61 Å². The number of ether oxygens (including phenoxy) is 2. The smallest absolute Gasteiger partial charge is 0.414 e. The third-order valence-electron chi connectivity index (χ3n) is 3.22. The summed E-state index contributed by atoms with van der Waals surface area (Å²) < 4.78 is 12.0. The van der Waals surface area contributed by atoms with Crippen molar-refractivity contribution in [2.24, 2.45) is 0 Å². The maximum absolute atomic E-state index is 12.3. The van der Waals surface area contributed by atoms with Crippen LogP contribution in [0, 0.1) is 3.57 Å². The molecule has 4 nitrogen and oxygen atoms in total. The van der Waals surface area contributed by atoms with Gasteiger partial charge in [0.15, 0.2) is 0 Å². The fraction of sp³-hybridized carbons (Fsp3) is 0.188. The monoisotopic (exact) mass is 395 g/mol. The number of rotatable bonds is 2. The molecule has 2 aromatic rings. The highest BCUT2D eigenvalue weighted by molar-refractivity contribution is 14.1. The van der Waals surface area contributed by atoms with E-state index in [1.165, 1.54) is 0 Å². The van der Waals surface area contributed by atoms with Gasteiger partial charge in [-0.1, -0.05) is 36.4 Å². The minimum atomic E-state index is -0.340. The van der Waals surface area contributed by atoms with Gasteiger partial charge in [0.25, 0.3) is 0 Å². The third kappa shape index (κ3) is 3.12. The van der Waals surface area contributed by atoms with Crippen LogP contribution in [-0.4, -0.2) is 19.2 Å². The van der Waals surface area contributed by atoms with Crippen molar-refractivity contribution in [3.63, 3.8) is 0 Å².